The van der Waals surface area contributed by atoms with Gasteiger partial charge in [0.2, 0.25) is 0 Å². The zero-order chi connectivity index (χ0) is 17.9. The number of unbranched alkanes of at least 4 members (excludes halogenated alkanes) is 1. The molecule has 0 amide bonds. The molecule has 2 rings (SSSR count). The van der Waals surface area contributed by atoms with Crippen LogP contribution in [0.1, 0.15) is 36.7 Å². The first-order valence-corrected chi connectivity index (χ1v) is 8.35. The van der Waals surface area contributed by atoms with Gasteiger partial charge in [-0.1, -0.05) is 43.7 Å². The van der Waals surface area contributed by atoms with Crippen molar-refractivity contribution in [1.29, 1.82) is 0 Å². The molecule has 0 fully saturated rings. The summed E-state index contributed by atoms with van der Waals surface area (Å²) >= 11 is 0. The van der Waals surface area contributed by atoms with Gasteiger partial charge in [0.1, 0.15) is 18.1 Å². The lowest BCUT2D eigenvalue weighted by Crippen LogP contribution is -2.03. The molecule has 132 valence electrons. The second kappa shape index (κ2) is 10.3. The lowest BCUT2D eigenvalue weighted by molar-refractivity contribution is -0.137. The number of carbonyl (C=O) groups excluding carboxylic acids is 1. The molecule has 1 aromatic carbocycles. The second-order valence-electron chi connectivity index (χ2n) is 5.47. The maximum Gasteiger partial charge on any atom is 0.330 e. The van der Waals surface area contributed by atoms with E-state index >= 15 is 0 Å². The quantitative estimate of drug-likeness (QED) is 0.429. The third-order valence-corrected chi connectivity index (χ3v) is 3.46. The Morgan fingerprint density at radius 1 is 1.20 bits per heavy atom. The van der Waals surface area contributed by atoms with Gasteiger partial charge in [-0.05, 0) is 30.2 Å². The Morgan fingerprint density at radius 3 is 2.72 bits per heavy atom. The summed E-state index contributed by atoms with van der Waals surface area (Å²) in [6.07, 6.45) is 4.68. The SMILES string of the molecule is CCCCOC(=O)C=Cc1nc(CO)ccc1OCc1ccccc1. The van der Waals surface area contributed by atoms with Crippen molar-refractivity contribution in [2.45, 2.75) is 33.0 Å². The van der Waals surface area contributed by atoms with Crippen LogP contribution in [0, 0.1) is 0 Å². The molecule has 0 saturated carbocycles. The number of nitrogens with zero attached hydrogens (tertiary/aromatic N) is 1. The van der Waals surface area contributed by atoms with E-state index in [1.165, 1.54) is 6.08 Å². The van der Waals surface area contributed by atoms with Gasteiger partial charge in [0.25, 0.3) is 0 Å². The highest BCUT2D eigenvalue weighted by atomic mass is 16.5. The Labute approximate surface area is 147 Å². The summed E-state index contributed by atoms with van der Waals surface area (Å²) in [7, 11) is 0. The summed E-state index contributed by atoms with van der Waals surface area (Å²) in [5.74, 6) is 0.123. The minimum atomic E-state index is -0.418. The standard InChI is InChI=1S/C20H23NO4/c1-2-3-13-24-20(23)12-10-18-19(11-9-17(14-22)21-18)25-15-16-7-5-4-6-8-16/h4-12,22H,2-3,13-15H2,1H3. The van der Waals surface area contributed by atoms with Crippen molar-refractivity contribution < 1.29 is 19.4 Å². The molecular weight excluding hydrogens is 318 g/mol. The molecule has 0 saturated heterocycles. The van der Waals surface area contributed by atoms with E-state index in [1.54, 1.807) is 18.2 Å². The largest absolute Gasteiger partial charge is 0.487 e. The molecule has 1 heterocycles. The molecule has 0 bridgehead atoms. The average molecular weight is 341 g/mol. The van der Waals surface area contributed by atoms with Gasteiger partial charge < -0.3 is 14.6 Å². The highest BCUT2D eigenvalue weighted by molar-refractivity contribution is 5.87. The third kappa shape index (κ3) is 6.39. The summed E-state index contributed by atoms with van der Waals surface area (Å²) in [6, 6.07) is 13.2. The van der Waals surface area contributed by atoms with Crippen LogP contribution in [0.2, 0.25) is 0 Å². The predicted octanol–water partition coefficient (Wildman–Crippen LogP) is 3.51. The maximum absolute atomic E-state index is 11.7. The Bertz CT molecular complexity index is 698. The summed E-state index contributed by atoms with van der Waals surface area (Å²) in [6.45, 7) is 2.65. The van der Waals surface area contributed by atoms with Gasteiger partial charge in [-0.25, -0.2) is 9.78 Å². The fraction of sp³-hybridized carbons (Fsp3) is 0.300. The van der Waals surface area contributed by atoms with Crippen molar-refractivity contribution in [2.24, 2.45) is 0 Å². The highest BCUT2D eigenvalue weighted by Crippen LogP contribution is 2.20. The molecule has 5 heteroatoms. The van der Waals surface area contributed by atoms with Gasteiger partial charge in [0, 0.05) is 6.08 Å². The molecule has 0 aliphatic carbocycles. The molecule has 0 unspecified atom stereocenters. The smallest absolute Gasteiger partial charge is 0.330 e. The van der Waals surface area contributed by atoms with Crippen molar-refractivity contribution in [1.82, 2.24) is 4.98 Å². The number of benzene rings is 1. The monoisotopic (exact) mass is 341 g/mol. The molecule has 0 aliphatic rings. The van der Waals surface area contributed by atoms with Crippen molar-refractivity contribution in [2.75, 3.05) is 6.61 Å². The van der Waals surface area contributed by atoms with Gasteiger partial charge in [0.15, 0.2) is 0 Å². The van der Waals surface area contributed by atoms with Crippen LogP contribution >= 0.6 is 0 Å². The number of rotatable bonds is 9. The number of aromatic nitrogens is 1. The zero-order valence-corrected chi connectivity index (χ0v) is 14.4. The van der Waals surface area contributed by atoms with E-state index in [2.05, 4.69) is 4.98 Å². The minimum Gasteiger partial charge on any atom is -0.487 e. The second-order valence-corrected chi connectivity index (χ2v) is 5.47. The topological polar surface area (TPSA) is 68.7 Å². The summed E-state index contributed by atoms with van der Waals surface area (Å²) in [5, 5.41) is 9.26. The van der Waals surface area contributed by atoms with E-state index in [0.29, 0.717) is 30.4 Å². The van der Waals surface area contributed by atoms with E-state index in [-0.39, 0.29) is 6.61 Å². The average Bonchev–Trinajstić information content (AvgIpc) is 2.66. The molecule has 5 nitrogen and oxygen atoms in total. The first kappa shape index (κ1) is 18.7. The number of ether oxygens (including phenoxy) is 2. The fourth-order valence-electron chi connectivity index (χ4n) is 2.08. The van der Waals surface area contributed by atoms with E-state index in [4.69, 9.17) is 9.47 Å². The Kier molecular flexibility index (Phi) is 7.66. The van der Waals surface area contributed by atoms with Gasteiger partial charge in [0.05, 0.1) is 18.9 Å². The van der Waals surface area contributed by atoms with Crippen LogP contribution in [0.5, 0.6) is 5.75 Å². The molecule has 25 heavy (non-hydrogen) atoms. The van der Waals surface area contributed by atoms with Gasteiger partial charge in [-0.15, -0.1) is 0 Å². The van der Waals surface area contributed by atoms with E-state index in [0.717, 1.165) is 18.4 Å². The minimum absolute atomic E-state index is 0.180. The maximum atomic E-state index is 11.7. The lowest BCUT2D eigenvalue weighted by Gasteiger charge is -2.10. The predicted molar refractivity (Wildman–Crippen MR) is 95.8 cm³/mol. The molecule has 1 N–H and O–H groups in total. The van der Waals surface area contributed by atoms with Crippen LogP contribution < -0.4 is 4.74 Å². The van der Waals surface area contributed by atoms with Crippen LogP contribution in [0.15, 0.2) is 48.5 Å². The van der Waals surface area contributed by atoms with E-state index < -0.39 is 5.97 Å². The third-order valence-electron chi connectivity index (χ3n) is 3.46. The molecule has 0 radical (unpaired) electrons. The molecule has 2 aromatic rings. The zero-order valence-electron chi connectivity index (χ0n) is 14.4. The Hall–Kier alpha value is -2.66. The molecular formula is C20H23NO4. The molecule has 0 spiro atoms. The van der Waals surface area contributed by atoms with Crippen LogP contribution in [0.4, 0.5) is 0 Å². The molecule has 0 atom stereocenters. The highest BCUT2D eigenvalue weighted by Gasteiger charge is 2.06. The van der Waals surface area contributed by atoms with Gasteiger partial charge >= 0.3 is 5.97 Å². The van der Waals surface area contributed by atoms with Crippen LogP contribution in [0.25, 0.3) is 6.08 Å². The fourth-order valence-corrected chi connectivity index (χ4v) is 2.08. The normalized spacial score (nSPS) is 10.8. The lowest BCUT2D eigenvalue weighted by atomic mass is 10.2. The Morgan fingerprint density at radius 2 is 2.00 bits per heavy atom. The number of hydrogen-bond acceptors (Lipinski definition) is 5. The van der Waals surface area contributed by atoms with Crippen LogP contribution in [0.3, 0.4) is 0 Å². The number of pyridine rings is 1. The first-order chi connectivity index (χ1) is 12.2. The van der Waals surface area contributed by atoms with E-state index in [9.17, 15) is 9.90 Å². The van der Waals surface area contributed by atoms with Crippen LogP contribution in [-0.2, 0) is 22.7 Å². The van der Waals surface area contributed by atoms with Crippen molar-refractivity contribution in [3.05, 3.63) is 65.5 Å². The summed E-state index contributed by atoms with van der Waals surface area (Å²) < 4.78 is 10.9. The first-order valence-electron chi connectivity index (χ1n) is 8.35. The number of carbonyl (C=O) groups is 1. The summed E-state index contributed by atoms with van der Waals surface area (Å²) in [4.78, 5) is 16.0. The van der Waals surface area contributed by atoms with Gasteiger partial charge in [-0.2, -0.15) is 0 Å². The van der Waals surface area contributed by atoms with Crippen molar-refractivity contribution in [3.8, 4) is 5.75 Å². The van der Waals surface area contributed by atoms with Crippen molar-refractivity contribution in [3.63, 3.8) is 0 Å². The summed E-state index contributed by atoms with van der Waals surface area (Å²) in [5.41, 5.74) is 2.02. The Balaban J connectivity index is 2.07. The van der Waals surface area contributed by atoms with Gasteiger partial charge in [-0.3, -0.25) is 0 Å². The molecule has 0 aliphatic heterocycles. The molecule has 1 aromatic heterocycles. The number of hydrogen-bond donors (Lipinski definition) is 1. The number of aliphatic hydroxyl groups excluding tert-OH is 1. The number of aliphatic hydroxyl groups is 1. The number of esters is 1. The van der Waals surface area contributed by atoms with Crippen LogP contribution in [-0.4, -0.2) is 22.7 Å². The van der Waals surface area contributed by atoms with E-state index in [1.807, 2.05) is 37.3 Å². The van der Waals surface area contributed by atoms with Crippen molar-refractivity contribution >= 4 is 12.0 Å².